The molecule has 9 rings (SSSR count). The maximum atomic E-state index is 14.2. The molecule has 0 bridgehead atoms. The Bertz CT molecular complexity index is 2300. The van der Waals surface area contributed by atoms with Crippen LogP contribution in [0.15, 0.2) is 115 Å². The van der Waals surface area contributed by atoms with Crippen LogP contribution in [0.1, 0.15) is 20.7 Å². The Labute approximate surface area is 274 Å². The lowest BCUT2D eigenvalue weighted by Crippen LogP contribution is -2.41. The van der Waals surface area contributed by atoms with E-state index < -0.39 is 0 Å². The molecule has 0 atom stereocenters. The highest BCUT2D eigenvalue weighted by Crippen LogP contribution is 2.40. The van der Waals surface area contributed by atoms with Gasteiger partial charge in [-0.3, -0.25) is 9.59 Å². The van der Waals surface area contributed by atoms with Gasteiger partial charge in [0.05, 0.1) is 40.4 Å². The Balaban J connectivity index is 1.15. The van der Waals surface area contributed by atoms with Gasteiger partial charge in [-0.05, 0) is 54.6 Å². The van der Waals surface area contributed by atoms with Gasteiger partial charge in [0, 0.05) is 52.4 Å². The fourth-order valence-electron chi connectivity index (χ4n) is 6.63. The summed E-state index contributed by atoms with van der Waals surface area (Å²) in [4.78, 5) is 36.8. The quantitative estimate of drug-likeness (QED) is 0.182. The average molecular weight is 634 g/mol. The van der Waals surface area contributed by atoms with Gasteiger partial charge in [0.1, 0.15) is 10.7 Å². The number of anilines is 2. The van der Waals surface area contributed by atoms with E-state index in [0.29, 0.717) is 41.1 Å². The molecule has 1 saturated heterocycles. The van der Waals surface area contributed by atoms with Crippen molar-refractivity contribution in [3.8, 4) is 27.5 Å². The Morgan fingerprint density at radius 2 is 1.45 bits per heavy atom. The summed E-state index contributed by atoms with van der Waals surface area (Å²) in [6.07, 6.45) is 2.00. The Kier molecular flexibility index (Phi) is 6.48. The van der Waals surface area contributed by atoms with Gasteiger partial charge in [0.15, 0.2) is 0 Å². The van der Waals surface area contributed by atoms with Crippen LogP contribution in [0.2, 0.25) is 0 Å². The molecule has 2 aliphatic heterocycles. The summed E-state index contributed by atoms with van der Waals surface area (Å²) < 4.78 is 8.49. The number of ether oxygens (including phenoxy) is 1. The van der Waals surface area contributed by atoms with Crippen LogP contribution in [0.3, 0.4) is 0 Å². The van der Waals surface area contributed by atoms with E-state index in [-0.39, 0.29) is 11.8 Å². The lowest BCUT2D eigenvalue weighted by atomic mass is 9.92. The molecule has 7 aromatic rings. The minimum absolute atomic E-state index is 0.342. The SMILES string of the molecule is O=C1c2cccc3c(N4CCOCC4)ccc(c23)C(=O)N1c1cccc(-c2nn(-c3ccccc3)cc2-c2nc3ccccc3s2)c1. The van der Waals surface area contributed by atoms with Gasteiger partial charge in [0.25, 0.3) is 11.8 Å². The predicted molar refractivity (Wildman–Crippen MR) is 186 cm³/mol. The second kappa shape index (κ2) is 11.0. The molecule has 0 radical (unpaired) electrons. The molecule has 1 fully saturated rings. The van der Waals surface area contributed by atoms with E-state index in [9.17, 15) is 9.59 Å². The first-order chi connectivity index (χ1) is 23.1. The van der Waals surface area contributed by atoms with E-state index in [1.54, 1.807) is 17.4 Å². The molecule has 0 N–H and O–H groups in total. The van der Waals surface area contributed by atoms with E-state index in [1.165, 1.54) is 4.90 Å². The number of rotatable bonds is 5. The Morgan fingerprint density at radius 1 is 0.702 bits per heavy atom. The van der Waals surface area contributed by atoms with E-state index in [2.05, 4.69) is 11.0 Å². The number of imide groups is 1. The van der Waals surface area contributed by atoms with E-state index in [0.717, 1.165) is 56.2 Å². The maximum absolute atomic E-state index is 14.2. The summed E-state index contributed by atoms with van der Waals surface area (Å²) in [7, 11) is 0. The third-order valence-corrected chi connectivity index (χ3v) is 9.94. The van der Waals surface area contributed by atoms with Gasteiger partial charge in [-0.25, -0.2) is 14.6 Å². The first-order valence-corrected chi connectivity index (χ1v) is 16.3. The molecule has 2 aliphatic rings. The van der Waals surface area contributed by atoms with Gasteiger partial charge >= 0.3 is 0 Å². The van der Waals surface area contributed by atoms with Crippen molar-refractivity contribution in [3.05, 3.63) is 127 Å². The van der Waals surface area contributed by atoms with Crippen LogP contribution in [0.5, 0.6) is 0 Å². The number of benzene rings is 5. The molecule has 4 heterocycles. The second-order valence-electron chi connectivity index (χ2n) is 11.6. The first kappa shape index (κ1) is 27.7. The summed E-state index contributed by atoms with van der Waals surface area (Å²) in [6, 6.07) is 35.1. The van der Waals surface area contributed by atoms with Crippen LogP contribution in [-0.2, 0) is 4.74 Å². The lowest BCUT2D eigenvalue weighted by Gasteiger charge is -2.32. The van der Waals surface area contributed by atoms with Gasteiger partial charge in [-0.2, -0.15) is 5.10 Å². The average Bonchev–Trinajstić information content (AvgIpc) is 3.77. The molecule has 228 valence electrons. The Morgan fingerprint density at radius 3 is 2.28 bits per heavy atom. The second-order valence-corrected chi connectivity index (χ2v) is 12.6. The van der Waals surface area contributed by atoms with Gasteiger partial charge in [-0.1, -0.05) is 54.6 Å². The standard InChI is InChI=1S/C38H27N5O3S/c44-37-28-13-7-12-27-32(41-18-20-46-21-19-41)17-16-29(34(27)28)38(45)43(37)26-11-6-8-24(22-26)35-30(23-42(40-35)25-9-2-1-3-10-25)36-39-31-14-4-5-15-33(31)47-36/h1-17,22-23H,18-21H2. The first-order valence-electron chi connectivity index (χ1n) is 15.5. The molecule has 9 heteroatoms. The number of fused-ring (bicyclic) bond motifs is 1. The summed E-state index contributed by atoms with van der Waals surface area (Å²) in [5, 5.41) is 7.48. The summed E-state index contributed by atoms with van der Waals surface area (Å²) in [5.74, 6) is -0.684. The van der Waals surface area contributed by atoms with E-state index in [4.69, 9.17) is 14.8 Å². The Hall–Kier alpha value is -5.64. The van der Waals surface area contributed by atoms with Crippen LogP contribution in [0.25, 0.3) is 48.5 Å². The number of aromatic nitrogens is 3. The van der Waals surface area contributed by atoms with Crippen LogP contribution < -0.4 is 9.80 Å². The molecule has 2 amide bonds. The van der Waals surface area contributed by atoms with Gasteiger partial charge in [0.2, 0.25) is 0 Å². The number of para-hydroxylation sites is 2. The fourth-order valence-corrected chi connectivity index (χ4v) is 7.61. The van der Waals surface area contributed by atoms with E-state index >= 15 is 0 Å². The van der Waals surface area contributed by atoms with Crippen molar-refractivity contribution in [2.24, 2.45) is 0 Å². The molecule has 0 unspecified atom stereocenters. The van der Waals surface area contributed by atoms with Crippen molar-refractivity contribution in [2.75, 3.05) is 36.1 Å². The number of hydrogen-bond donors (Lipinski definition) is 0. The molecule has 5 aromatic carbocycles. The van der Waals surface area contributed by atoms with Crippen molar-refractivity contribution < 1.29 is 14.3 Å². The number of nitrogens with zero attached hydrogens (tertiary/aromatic N) is 5. The number of amides is 2. The molecular weight excluding hydrogens is 607 g/mol. The summed E-state index contributed by atoms with van der Waals surface area (Å²) in [6.45, 7) is 2.82. The molecule has 0 saturated carbocycles. The zero-order valence-corrected chi connectivity index (χ0v) is 26.0. The molecule has 0 aliphatic carbocycles. The monoisotopic (exact) mass is 633 g/mol. The minimum atomic E-state index is -0.342. The van der Waals surface area contributed by atoms with E-state index in [1.807, 2.05) is 108 Å². The highest BCUT2D eigenvalue weighted by Gasteiger charge is 2.35. The topological polar surface area (TPSA) is 80.6 Å². The minimum Gasteiger partial charge on any atom is -0.378 e. The van der Waals surface area contributed by atoms with Crippen LogP contribution >= 0.6 is 11.3 Å². The van der Waals surface area contributed by atoms with Crippen LogP contribution in [0, 0.1) is 0 Å². The zero-order chi connectivity index (χ0) is 31.5. The lowest BCUT2D eigenvalue weighted by molar-refractivity contribution is 0.0893. The largest absolute Gasteiger partial charge is 0.378 e. The highest BCUT2D eigenvalue weighted by atomic mass is 32.1. The maximum Gasteiger partial charge on any atom is 0.265 e. The predicted octanol–water partition coefficient (Wildman–Crippen LogP) is 7.61. The normalized spacial score (nSPS) is 14.8. The van der Waals surface area contributed by atoms with Gasteiger partial charge < -0.3 is 9.64 Å². The van der Waals surface area contributed by atoms with Crippen molar-refractivity contribution in [1.29, 1.82) is 0 Å². The van der Waals surface area contributed by atoms with Crippen LogP contribution in [0.4, 0.5) is 11.4 Å². The number of carbonyl (C=O) groups excluding carboxylic acids is 2. The number of hydrogen-bond acceptors (Lipinski definition) is 7. The van der Waals surface area contributed by atoms with Gasteiger partial charge in [-0.15, -0.1) is 11.3 Å². The number of carbonyl (C=O) groups is 2. The molecule has 2 aromatic heterocycles. The molecule has 47 heavy (non-hydrogen) atoms. The summed E-state index contributed by atoms with van der Waals surface area (Å²) in [5.41, 5.74) is 6.73. The fraction of sp³-hybridized carbons (Fsp3) is 0.105. The van der Waals surface area contributed by atoms with Crippen molar-refractivity contribution in [2.45, 2.75) is 0 Å². The molecule has 0 spiro atoms. The summed E-state index contributed by atoms with van der Waals surface area (Å²) >= 11 is 1.61. The third kappa shape index (κ3) is 4.54. The molecular formula is C38H27N5O3S. The smallest absolute Gasteiger partial charge is 0.265 e. The molecule has 8 nitrogen and oxygen atoms in total. The van der Waals surface area contributed by atoms with Crippen molar-refractivity contribution >= 4 is 55.5 Å². The van der Waals surface area contributed by atoms with Crippen molar-refractivity contribution in [3.63, 3.8) is 0 Å². The highest BCUT2D eigenvalue weighted by molar-refractivity contribution is 7.21. The zero-order valence-electron chi connectivity index (χ0n) is 25.2. The van der Waals surface area contributed by atoms with Crippen molar-refractivity contribution in [1.82, 2.24) is 14.8 Å². The van der Waals surface area contributed by atoms with Crippen LogP contribution in [-0.4, -0.2) is 52.9 Å². The number of morpholine rings is 1. The number of thiazole rings is 1. The third-order valence-electron chi connectivity index (χ3n) is 8.87.